The van der Waals surface area contributed by atoms with E-state index in [0.717, 1.165) is 29.1 Å². The summed E-state index contributed by atoms with van der Waals surface area (Å²) in [6.45, 7) is 2.40. The summed E-state index contributed by atoms with van der Waals surface area (Å²) < 4.78 is 5.85. The molecule has 0 spiro atoms. The van der Waals surface area contributed by atoms with Crippen LogP contribution in [-0.2, 0) is 22.6 Å². The minimum Gasteiger partial charge on any atom is -0.494 e. The Bertz CT molecular complexity index is 980. The quantitative estimate of drug-likeness (QED) is 0.581. The van der Waals surface area contributed by atoms with E-state index in [1.54, 1.807) is 12.1 Å². The van der Waals surface area contributed by atoms with Crippen LogP contribution < -0.4 is 10.1 Å². The predicted molar refractivity (Wildman–Crippen MR) is 123 cm³/mol. The van der Waals surface area contributed by atoms with Crippen molar-refractivity contribution in [2.45, 2.75) is 32.2 Å². The summed E-state index contributed by atoms with van der Waals surface area (Å²) in [4.78, 5) is 28.3. The van der Waals surface area contributed by atoms with E-state index in [4.69, 9.17) is 10.00 Å². The maximum atomic E-state index is 12.9. The highest BCUT2D eigenvalue weighted by Crippen LogP contribution is 2.26. The van der Waals surface area contributed by atoms with Gasteiger partial charge in [-0.05, 0) is 68.4 Å². The van der Waals surface area contributed by atoms with Crippen molar-refractivity contribution in [3.8, 4) is 11.8 Å². The van der Waals surface area contributed by atoms with Crippen LogP contribution in [-0.4, -0.2) is 55.4 Å². The normalized spacial score (nSPS) is 12.6. The van der Waals surface area contributed by atoms with Gasteiger partial charge in [0, 0.05) is 38.2 Å². The summed E-state index contributed by atoms with van der Waals surface area (Å²) in [6.07, 6.45) is 2.24. The fourth-order valence-corrected chi connectivity index (χ4v) is 3.54. The molecule has 1 heterocycles. The van der Waals surface area contributed by atoms with Crippen molar-refractivity contribution in [1.29, 1.82) is 5.26 Å². The number of hydrogen-bond acceptors (Lipinski definition) is 5. The molecule has 0 aliphatic carbocycles. The number of hydrogen-bond donors (Lipinski definition) is 1. The number of fused-ring (bicyclic) bond motifs is 1. The zero-order chi connectivity index (χ0) is 22.9. The molecule has 2 amide bonds. The molecule has 32 heavy (non-hydrogen) atoms. The third-order valence-corrected chi connectivity index (χ3v) is 5.40. The first-order valence-corrected chi connectivity index (χ1v) is 10.9. The summed E-state index contributed by atoms with van der Waals surface area (Å²) >= 11 is 0. The molecule has 0 aromatic heterocycles. The highest BCUT2D eigenvalue weighted by molar-refractivity contribution is 5.94. The number of anilines is 1. The number of carbonyl (C=O) groups excluding carboxylic acids is 2. The van der Waals surface area contributed by atoms with E-state index in [0.29, 0.717) is 50.9 Å². The van der Waals surface area contributed by atoms with Gasteiger partial charge in [0.1, 0.15) is 5.75 Å². The highest BCUT2D eigenvalue weighted by atomic mass is 16.5. The monoisotopic (exact) mass is 434 g/mol. The Balaban J connectivity index is 1.50. The summed E-state index contributed by atoms with van der Waals surface area (Å²) in [7, 11) is 3.98. The Labute approximate surface area is 189 Å². The standard InChI is InChI=1S/C25H30N4O3/c1-28(2)13-14-29(18-20-7-5-19(17-26)6-8-20)25(31)4-3-15-32-22-10-11-23-21(16-22)9-12-24(30)27-23/h5-8,10-11,16H,3-4,9,12-15,18H2,1-2H3,(H,27,30). The molecule has 0 bridgehead atoms. The summed E-state index contributed by atoms with van der Waals surface area (Å²) in [5.41, 5.74) is 3.55. The lowest BCUT2D eigenvalue weighted by atomic mass is 10.0. The SMILES string of the molecule is CN(C)CCN(Cc1ccc(C#N)cc1)C(=O)CCCOc1ccc2c(c1)CCC(=O)N2. The van der Waals surface area contributed by atoms with Gasteiger partial charge in [0.25, 0.3) is 0 Å². The molecule has 3 rings (SSSR count). The van der Waals surface area contributed by atoms with E-state index >= 15 is 0 Å². The average Bonchev–Trinajstić information content (AvgIpc) is 2.79. The molecule has 0 fully saturated rings. The van der Waals surface area contributed by atoms with E-state index in [9.17, 15) is 9.59 Å². The lowest BCUT2D eigenvalue weighted by molar-refractivity contribution is -0.132. The van der Waals surface area contributed by atoms with Gasteiger partial charge < -0.3 is 19.9 Å². The number of rotatable bonds is 10. The van der Waals surface area contributed by atoms with Gasteiger partial charge in [-0.3, -0.25) is 9.59 Å². The maximum Gasteiger partial charge on any atom is 0.224 e. The smallest absolute Gasteiger partial charge is 0.224 e. The Hall–Kier alpha value is -3.37. The molecule has 1 N–H and O–H groups in total. The fraction of sp³-hybridized carbons (Fsp3) is 0.400. The molecule has 0 radical (unpaired) electrons. The van der Waals surface area contributed by atoms with Crippen LogP contribution in [0.5, 0.6) is 5.75 Å². The van der Waals surface area contributed by atoms with Gasteiger partial charge in [0.2, 0.25) is 11.8 Å². The van der Waals surface area contributed by atoms with Crippen LogP contribution in [0, 0.1) is 11.3 Å². The van der Waals surface area contributed by atoms with Crippen molar-refractivity contribution in [2.75, 3.05) is 39.1 Å². The third-order valence-electron chi connectivity index (χ3n) is 5.40. The average molecular weight is 435 g/mol. The Morgan fingerprint density at radius 1 is 1.12 bits per heavy atom. The van der Waals surface area contributed by atoms with Crippen LogP contribution in [0.2, 0.25) is 0 Å². The largest absolute Gasteiger partial charge is 0.494 e. The molecule has 2 aromatic carbocycles. The van der Waals surface area contributed by atoms with Crippen LogP contribution in [0.1, 0.15) is 36.0 Å². The molecule has 0 atom stereocenters. The number of nitriles is 1. The van der Waals surface area contributed by atoms with Crippen molar-refractivity contribution in [2.24, 2.45) is 0 Å². The summed E-state index contributed by atoms with van der Waals surface area (Å²) in [6, 6.07) is 15.2. The third kappa shape index (κ3) is 6.82. The minimum atomic E-state index is 0.0458. The molecule has 7 nitrogen and oxygen atoms in total. The van der Waals surface area contributed by atoms with E-state index in [2.05, 4.69) is 16.3 Å². The van der Waals surface area contributed by atoms with E-state index in [1.165, 1.54) is 0 Å². The Morgan fingerprint density at radius 2 is 1.91 bits per heavy atom. The van der Waals surface area contributed by atoms with E-state index in [-0.39, 0.29) is 11.8 Å². The van der Waals surface area contributed by atoms with E-state index in [1.807, 2.05) is 49.3 Å². The first-order valence-electron chi connectivity index (χ1n) is 10.9. The number of benzene rings is 2. The van der Waals surface area contributed by atoms with Crippen LogP contribution in [0.3, 0.4) is 0 Å². The molecule has 7 heteroatoms. The minimum absolute atomic E-state index is 0.0458. The topological polar surface area (TPSA) is 85.7 Å². The second-order valence-electron chi connectivity index (χ2n) is 8.25. The molecule has 0 saturated carbocycles. The van der Waals surface area contributed by atoms with E-state index < -0.39 is 0 Å². The number of aryl methyl sites for hydroxylation is 1. The lowest BCUT2D eigenvalue weighted by Crippen LogP contribution is -2.36. The summed E-state index contributed by atoms with van der Waals surface area (Å²) in [5.74, 6) is 0.895. The van der Waals surface area contributed by atoms with Crippen molar-refractivity contribution in [3.05, 3.63) is 59.2 Å². The van der Waals surface area contributed by atoms with Crippen LogP contribution in [0.4, 0.5) is 5.69 Å². The van der Waals surface area contributed by atoms with Crippen LogP contribution in [0.25, 0.3) is 0 Å². The van der Waals surface area contributed by atoms with Gasteiger partial charge in [0.05, 0.1) is 18.2 Å². The number of nitrogens with zero attached hydrogens (tertiary/aromatic N) is 3. The number of carbonyl (C=O) groups is 2. The molecular weight excluding hydrogens is 404 g/mol. The van der Waals surface area contributed by atoms with Gasteiger partial charge in [0.15, 0.2) is 0 Å². The van der Waals surface area contributed by atoms with Crippen molar-refractivity contribution in [1.82, 2.24) is 9.80 Å². The molecular formula is C25H30N4O3. The van der Waals surface area contributed by atoms with Gasteiger partial charge in [-0.15, -0.1) is 0 Å². The number of likely N-dealkylation sites (N-methyl/N-ethyl adjacent to an activating group) is 1. The summed E-state index contributed by atoms with van der Waals surface area (Å²) in [5, 5.41) is 11.8. The van der Waals surface area contributed by atoms with Crippen molar-refractivity contribution in [3.63, 3.8) is 0 Å². The second kappa shape index (κ2) is 11.3. The molecule has 2 aromatic rings. The van der Waals surface area contributed by atoms with Gasteiger partial charge in [-0.25, -0.2) is 0 Å². The van der Waals surface area contributed by atoms with Crippen LogP contribution in [0.15, 0.2) is 42.5 Å². The van der Waals surface area contributed by atoms with Crippen molar-refractivity contribution >= 4 is 17.5 Å². The lowest BCUT2D eigenvalue weighted by Gasteiger charge is -2.25. The first kappa shape index (κ1) is 23.3. The highest BCUT2D eigenvalue weighted by Gasteiger charge is 2.16. The molecule has 168 valence electrons. The molecule has 0 saturated heterocycles. The zero-order valence-corrected chi connectivity index (χ0v) is 18.8. The Morgan fingerprint density at radius 3 is 2.62 bits per heavy atom. The Kier molecular flexibility index (Phi) is 8.23. The molecule has 1 aliphatic heterocycles. The van der Waals surface area contributed by atoms with Gasteiger partial charge >= 0.3 is 0 Å². The fourth-order valence-electron chi connectivity index (χ4n) is 3.54. The molecule has 1 aliphatic rings. The predicted octanol–water partition coefficient (Wildman–Crippen LogP) is 3.19. The molecule has 0 unspecified atom stereocenters. The zero-order valence-electron chi connectivity index (χ0n) is 18.8. The van der Waals surface area contributed by atoms with Gasteiger partial charge in [-0.2, -0.15) is 5.26 Å². The number of ether oxygens (including phenoxy) is 1. The van der Waals surface area contributed by atoms with Crippen LogP contribution >= 0.6 is 0 Å². The first-order chi connectivity index (χ1) is 15.4. The van der Waals surface area contributed by atoms with Gasteiger partial charge in [-0.1, -0.05) is 12.1 Å². The second-order valence-corrected chi connectivity index (χ2v) is 8.25. The number of nitrogens with one attached hydrogen (secondary N) is 1. The van der Waals surface area contributed by atoms with Crippen molar-refractivity contribution < 1.29 is 14.3 Å². The number of amides is 2. The maximum absolute atomic E-state index is 12.9.